The Labute approximate surface area is 113 Å². The molecule has 0 aliphatic carbocycles. The number of rotatable bonds is 3. The van der Waals surface area contributed by atoms with Crippen LogP contribution in [0.1, 0.15) is 11.1 Å². The number of aliphatic hydroxyl groups is 1. The summed E-state index contributed by atoms with van der Waals surface area (Å²) in [7, 11) is 0. The van der Waals surface area contributed by atoms with Crippen LogP contribution in [0, 0.1) is 0 Å². The van der Waals surface area contributed by atoms with Gasteiger partial charge in [0.25, 0.3) is 0 Å². The minimum Gasteiger partial charge on any atom is -0.366 e. The Morgan fingerprint density at radius 2 is 2.00 bits per heavy atom. The third-order valence-corrected chi connectivity index (χ3v) is 3.19. The highest BCUT2D eigenvalue weighted by molar-refractivity contribution is 5.58. The molecule has 2 unspecified atom stereocenters. The molecule has 4 nitrogen and oxygen atoms in total. The molecule has 1 aromatic rings. The number of alkyl halides is 3. The van der Waals surface area contributed by atoms with E-state index in [1.54, 1.807) is 4.90 Å². The van der Waals surface area contributed by atoms with Crippen LogP contribution in [0.2, 0.25) is 0 Å². The van der Waals surface area contributed by atoms with Crippen LogP contribution in [0.25, 0.3) is 0 Å². The number of morpholine rings is 1. The van der Waals surface area contributed by atoms with Gasteiger partial charge in [0.15, 0.2) is 6.29 Å². The third-order valence-electron chi connectivity index (χ3n) is 3.19. The summed E-state index contributed by atoms with van der Waals surface area (Å²) in [5, 5.41) is 9.52. The van der Waals surface area contributed by atoms with Crippen molar-refractivity contribution < 1.29 is 27.8 Å². The average Bonchev–Trinajstić information content (AvgIpc) is 2.38. The molecular weight excluding hydrogens is 275 g/mol. The summed E-state index contributed by atoms with van der Waals surface area (Å²) in [6.07, 6.45) is -4.98. The summed E-state index contributed by atoms with van der Waals surface area (Å²) in [4.78, 5) is 12.6. The molecule has 1 aliphatic heterocycles. The molecule has 0 aromatic heterocycles. The van der Waals surface area contributed by atoms with Crippen molar-refractivity contribution in [2.45, 2.75) is 25.1 Å². The minimum absolute atomic E-state index is 0.270. The smallest absolute Gasteiger partial charge is 0.366 e. The van der Waals surface area contributed by atoms with E-state index in [-0.39, 0.29) is 13.2 Å². The van der Waals surface area contributed by atoms with Crippen LogP contribution >= 0.6 is 0 Å². The van der Waals surface area contributed by atoms with E-state index >= 15 is 0 Å². The molecule has 1 saturated heterocycles. The largest absolute Gasteiger partial charge is 0.416 e. The lowest BCUT2D eigenvalue weighted by Gasteiger charge is -2.35. The summed E-state index contributed by atoms with van der Waals surface area (Å²) in [5.41, 5.74) is -0.0749. The molecule has 0 amide bonds. The monoisotopic (exact) mass is 289 g/mol. The SMILES string of the molecule is O=CC1C(O)OCCN1Cc1ccc(C(F)(F)F)cc1. The highest BCUT2D eigenvalue weighted by atomic mass is 19.4. The summed E-state index contributed by atoms with van der Waals surface area (Å²) < 4.78 is 42.3. The van der Waals surface area contributed by atoms with Crippen molar-refractivity contribution in [1.29, 1.82) is 0 Å². The number of hydrogen-bond acceptors (Lipinski definition) is 4. The Balaban J connectivity index is 2.07. The van der Waals surface area contributed by atoms with Gasteiger partial charge >= 0.3 is 6.18 Å². The van der Waals surface area contributed by atoms with Gasteiger partial charge in [0.05, 0.1) is 12.2 Å². The van der Waals surface area contributed by atoms with E-state index in [9.17, 15) is 23.1 Å². The standard InChI is InChI=1S/C13H14F3NO3/c14-13(15,16)10-3-1-9(2-4-10)7-17-5-6-20-12(19)11(17)8-18/h1-4,8,11-12,19H,5-7H2. The van der Waals surface area contributed by atoms with E-state index < -0.39 is 24.1 Å². The van der Waals surface area contributed by atoms with Crippen LogP contribution in [0.3, 0.4) is 0 Å². The van der Waals surface area contributed by atoms with Gasteiger partial charge in [0.2, 0.25) is 0 Å². The van der Waals surface area contributed by atoms with Crippen molar-refractivity contribution in [3.05, 3.63) is 35.4 Å². The number of halogens is 3. The summed E-state index contributed by atoms with van der Waals surface area (Å²) in [6.45, 7) is 0.982. The zero-order valence-corrected chi connectivity index (χ0v) is 10.5. The van der Waals surface area contributed by atoms with E-state index in [4.69, 9.17) is 4.74 Å². The van der Waals surface area contributed by atoms with Gasteiger partial charge in [0, 0.05) is 13.1 Å². The fraction of sp³-hybridized carbons (Fsp3) is 0.462. The zero-order chi connectivity index (χ0) is 14.8. The van der Waals surface area contributed by atoms with Crippen molar-refractivity contribution in [2.24, 2.45) is 0 Å². The lowest BCUT2D eigenvalue weighted by molar-refractivity contribution is -0.180. The summed E-state index contributed by atoms with van der Waals surface area (Å²) >= 11 is 0. The molecule has 1 aromatic carbocycles. The van der Waals surface area contributed by atoms with Crippen LogP contribution < -0.4 is 0 Å². The number of benzene rings is 1. The van der Waals surface area contributed by atoms with Gasteiger partial charge in [-0.25, -0.2) is 0 Å². The Kier molecular flexibility index (Phi) is 4.42. The molecule has 1 fully saturated rings. The van der Waals surface area contributed by atoms with Gasteiger partial charge in [-0.1, -0.05) is 12.1 Å². The maximum Gasteiger partial charge on any atom is 0.416 e. The quantitative estimate of drug-likeness (QED) is 0.855. The highest BCUT2D eigenvalue weighted by Gasteiger charge is 2.32. The number of carbonyl (C=O) groups is 1. The highest BCUT2D eigenvalue weighted by Crippen LogP contribution is 2.29. The predicted molar refractivity (Wildman–Crippen MR) is 63.7 cm³/mol. The van der Waals surface area contributed by atoms with Crippen molar-refractivity contribution >= 4 is 6.29 Å². The molecule has 20 heavy (non-hydrogen) atoms. The number of hydrogen-bond donors (Lipinski definition) is 1. The van der Waals surface area contributed by atoms with Crippen molar-refractivity contribution in [1.82, 2.24) is 4.90 Å². The molecule has 0 bridgehead atoms. The minimum atomic E-state index is -4.36. The van der Waals surface area contributed by atoms with E-state index in [0.717, 1.165) is 12.1 Å². The predicted octanol–water partition coefficient (Wildman–Crippen LogP) is 1.42. The number of ether oxygens (including phenoxy) is 1. The molecular formula is C13H14F3NO3. The second-order valence-electron chi connectivity index (χ2n) is 4.55. The maximum atomic E-state index is 12.4. The van der Waals surface area contributed by atoms with E-state index in [1.807, 2.05) is 0 Å². The van der Waals surface area contributed by atoms with Gasteiger partial charge in [-0.15, -0.1) is 0 Å². The molecule has 0 spiro atoms. The van der Waals surface area contributed by atoms with E-state index in [1.165, 1.54) is 12.1 Å². The second-order valence-corrected chi connectivity index (χ2v) is 4.55. The van der Waals surface area contributed by atoms with Crippen molar-refractivity contribution in [3.8, 4) is 0 Å². The molecule has 1 heterocycles. The van der Waals surface area contributed by atoms with Gasteiger partial charge in [0.1, 0.15) is 12.3 Å². The third kappa shape index (κ3) is 3.36. The molecule has 110 valence electrons. The number of nitrogens with zero attached hydrogens (tertiary/aromatic N) is 1. The molecule has 2 rings (SSSR count). The number of aliphatic hydroxyl groups excluding tert-OH is 1. The number of carbonyl (C=O) groups excluding carboxylic acids is 1. The van der Waals surface area contributed by atoms with Gasteiger partial charge in [-0.2, -0.15) is 13.2 Å². The molecule has 7 heteroatoms. The maximum absolute atomic E-state index is 12.4. The van der Waals surface area contributed by atoms with Gasteiger partial charge < -0.3 is 14.6 Å². The van der Waals surface area contributed by atoms with Crippen molar-refractivity contribution in [2.75, 3.05) is 13.2 Å². The van der Waals surface area contributed by atoms with E-state index in [0.29, 0.717) is 18.4 Å². The van der Waals surface area contributed by atoms with E-state index in [2.05, 4.69) is 0 Å². The Morgan fingerprint density at radius 3 is 2.55 bits per heavy atom. The van der Waals surface area contributed by atoms with Gasteiger partial charge in [-0.3, -0.25) is 4.90 Å². The Bertz CT molecular complexity index is 461. The summed E-state index contributed by atoms with van der Waals surface area (Å²) in [5.74, 6) is 0. The first-order valence-corrected chi connectivity index (χ1v) is 6.07. The van der Waals surface area contributed by atoms with Gasteiger partial charge in [-0.05, 0) is 17.7 Å². The molecule has 1 aliphatic rings. The lowest BCUT2D eigenvalue weighted by Crippen LogP contribution is -2.51. The van der Waals surface area contributed by atoms with Crippen LogP contribution in [0.5, 0.6) is 0 Å². The average molecular weight is 289 g/mol. The number of aldehydes is 1. The Morgan fingerprint density at radius 1 is 1.35 bits per heavy atom. The fourth-order valence-corrected chi connectivity index (χ4v) is 2.09. The van der Waals surface area contributed by atoms with Crippen LogP contribution in [0.15, 0.2) is 24.3 Å². The van der Waals surface area contributed by atoms with Crippen LogP contribution in [0.4, 0.5) is 13.2 Å². The summed E-state index contributed by atoms with van der Waals surface area (Å²) in [6, 6.07) is 3.94. The first-order chi connectivity index (χ1) is 9.41. The fourth-order valence-electron chi connectivity index (χ4n) is 2.09. The zero-order valence-electron chi connectivity index (χ0n) is 10.5. The normalized spacial score (nSPS) is 24.6. The molecule has 1 N–H and O–H groups in total. The van der Waals surface area contributed by atoms with Crippen LogP contribution in [-0.4, -0.2) is 41.8 Å². The first kappa shape index (κ1) is 15.0. The second kappa shape index (κ2) is 5.90. The van der Waals surface area contributed by atoms with Crippen LogP contribution in [-0.2, 0) is 22.3 Å². The van der Waals surface area contributed by atoms with Crippen molar-refractivity contribution in [3.63, 3.8) is 0 Å². The first-order valence-electron chi connectivity index (χ1n) is 6.07. The Hall–Kier alpha value is -1.44. The lowest BCUT2D eigenvalue weighted by atomic mass is 10.1. The molecule has 0 saturated carbocycles. The molecule has 0 radical (unpaired) electrons. The topological polar surface area (TPSA) is 49.8 Å². The molecule has 2 atom stereocenters.